The topological polar surface area (TPSA) is 61.9 Å². The molecule has 2 saturated heterocycles. The second kappa shape index (κ2) is 7.06. The lowest BCUT2D eigenvalue weighted by atomic mass is 10.1. The van der Waals surface area contributed by atoms with Crippen LogP contribution in [0.2, 0.25) is 0 Å². The Morgan fingerprint density at radius 1 is 1.09 bits per heavy atom. The molecule has 1 aromatic carbocycles. The molecule has 0 aliphatic carbocycles. The van der Waals surface area contributed by atoms with Crippen LogP contribution in [0.25, 0.3) is 0 Å². The molecule has 0 saturated carbocycles. The monoisotopic (exact) mass is 321 g/mol. The van der Waals surface area contributed by atoms with Crippen molar-refractivity contribution in [3.8, 4) is 0 Å². The third-order valence-electron chi connectivity index (χ3n) is 4.19. The number of piperazine rings is 1. The maximum Gasteiger partial charge on any atom is 0.253 e. The van der Waals surface area contributed by atoms with Crippen LogP contribution in [-0.2, 0) is 9.53 Å². The molecular weight excluding hydrogens is 301 g/mol. The van der Waals surface area contributed by atoms with E-state index in [-0.39, 0.29) is 23.7 Å². The zero-order valence-corrected chi connectivity index (χ0v) is 12.8. The Labute approximate surface area is 134 Å². The maximum absolute atomic E-state index is 12.9. The van der Waals surface area contributed by atoms with E-state index < -0.39 is 0 Å². The van der Waals surface area contributed by atoms with E-state index in [1.807, 2.05) is 0 Å². The van der Waals surface area contributed by atoms with E-state index in [1.54, 1.807) is 9.80 Å². The fourth-order valence-electron chi connectivity index (χ4n) is 2.85. The molecular formula is C16H20FN3O3. The van der Waals surface area contributed by atoms with Gasteiger partial charge in [-0.05, 0) is 24.3 Å². The number of carbonyl (C=O) groups is 2. The minimum atomic E-state index is -0.362. The van der Waals surface area contributed by atoms with Crippen molar-refractivity contribution >= 4 is 11.8 Å². The van der Waals surface area contributed by atoms with Gasteiger partial charge in [-0.15, -0.1) is 0 Å². The number of nitrogens with one attached hydrogen (secondary N) is 1. The first-order valence-corrected chi connectivity index (χ1v) is 7.80. The number of benzene rings is 1. The molecule has 1 aromatic rings. The Kier molecular flexibility index (Phi) is 4.88. The first-order valence-electron chi connectivity index (χ1n) is 7.80. The van der Waals surface area contributed by atoms with Crippen LogP contribution in [0.15, 0.2) is 24.3 Å². The van der Waals surface area contributed by atoms with Crippen LogP contribution < -0.4 is 5.32 Å². The summed E-state index contributed by atoms with van der Waals surface area (Å²) in [6, 6.07) is 5.24. The van der Waals surface area contributed by atoms with E-state index in [4.69, 9.17) is 4.74 Å². The van der Waals surface area contributed by atoms with Gasteiger partial charge in [0, 0.05) is 38.3 Å². The summed E-state index contributed by atoms with van der Waals surface area (Å²) in [6.45, 7) is 3.68. The minimum Gasteiger partial charge on any atom is -0.378 e. The molecule has 124 valence electrons. The summed E-state index contributed by atoms with van der Waals surface area (Å²) in [5, 5.41) is 3.15. The van der Waals surface area contributed by atoms with E-state index in [0.717, 1.165) is 0 Å². The van der Waals surface area contributed by atoms with E-state index in [2.05, 4.69) is 5.32 Å². The molecule has 2 heterocycles. The number of hydrogen-bond donors (Lipinski definition) is 1. The lowest BCUT2D eigenvalue weighted by Gasteiger charge is -2.37. The zero-order valence-electron chi connectivity index (χ0n) is 12.8. The molecule has 2 amide bonds. The third kappa shape index (κ3) is 3.68. The normalized spacial score (nSPS) is 22.0. The van der Waals surface area contributed by atoms with Gasteiger partial charge in [-0.2, -0.15) is 0 Å². The lowest BCUT2D eigenvalue weighted by molar-refractivity contribution is -0.137. The fourth-order valence-corrected chi connectivity index (χ4v) is 2.85. The van der Waals surface area contributed by atoms with Crippen LogP contribution in [0.3, 0.4) is 0 Å². The van der Waals surface area contributed by atoms with Crippen LogP contribution in [-0.4, -0.2) is 73.6 Å². The number of rotatable bonds is 2. The van der Waals surface area contributed by atoms with Gasteiger partial charge in [-0.25, -0.2) is 4.39 Å². The number of halogens is 1. The Bertz CT molecular complexity index is 564. The molecule has 23 heavy (non-hydrogen) atoms. The lowest BCUT2D eigenvalue weighted by Crippen LogP contribution is -2.57. The van der Waals surface area contributed by atoms with Gasteiger partial charge in [0.15, 0.2) is 0 Å². The summed E-state index contributed by atoms with van der Waals surface area (Å²) >= 11 is 0. The Morgan fingerprint density at radius 3 is 2.35 bits per heavy atom. The van der Waals surface area contributed by atoms with Crippen LogP contribution in [0.4, 0.5) is 4.39 Å². The summed E-state index contributed by atoms with van der Waals surface area (Å²) in [4.78, 5) is 28.2. The molecule has 1 N–H and O–H groups in total. The van der Waals surface area contributed by atoms with Crippen molar-refractivity contribution < 1.29 is 18.7 Å². The van der Waals surface area contributed by atoms with Crippen LogP contribution >= 0.6 is 0 Å². The Morgan fingerprint density at radius 2 is 1.74 bits per heavy atom. The highest BCUT2D eigenvalue weighted by molar-refractivity contribution is 5.94. The van der Waals surface area contributed by atoms with Crippen molar-refractivity contribution in [2.75, 3.05) is 45.9 Å². The predicted octanol–water partition coefficient (Wildman–Crippen LogP) is 0.0985. The molecule has 6 nitrogen and oxygen atoms in total. The molecule has 3 rings (SSSR count). The number of hydrogen-bond acceptors (Lipinski definition) is 4. The number of amides is 2. The van der Waals surface area contributed by atoms with E-state index in [9.17, 15) is 14.0 Å². The number of ether oxygens (including phenoxy) is 1. The second-order valence-corrected chi connectivity index (χ2v) is 5.71. The highest BCUT2D eigenvalue weighted by Crippen LogP contribution is 2.11. The summed E-state index contributed by atoms with van der Waals surface area (Å²) in [6.07, 6.45) is 0. The van der Waals surface area contributed by atoms with Gasteiger partial charge in [0.05, 0.1) is 13.2 Å². The molecule has 2 aliphatic rings. The highest BCUT2D eigenvalue weighted by Gasteiger charge is 2.30. The van der Waals surface area contributed by atoms with Gasteiger partial charge in [0.25, 0.3) is 5.91 Å². The summed E-state index contributed by atoms with van der Waals surface area (Å²) in [7, 11) is 0. The Balaban J connectivity index is 1.54. The van der Waals surface area contributed by atoms with Crippen LogP contribution in [0.5, 0.6) is 0 Å². The molecule has 1 atom stereocenters. The number of nitrogens with zero attached hydrogens (tertiary/aromatic N) is 2. The predicted molar refractivity (Wildman–Crippen MR) is 81.5 cm³/mol. The van der Waals surface area contributed by atoms with Gasteiger partial charge >= 0.3 is 0 Å². The SMILES string of the molecule is O=C(c1ccc(F)cc1)N1CCN(C(=O)C2COCCN2)CC1. The number of morpholine rings is 1. The molecule has 2 fully saturated rings. The van der Waals surface area contributed by atoms with Crippen molar-refractivity contribution in [1.82, 2.24) is 15.1 Å². The van der Waals surface area contributed by atoms with Crippen LogP contribution in [0.1, 0.15) is 10.4 Å². The smallest absolute Gasteiger partial charge is 0.253 e. The van der Waals surface area contributed by atoms with Gasteiger partial charge < -0.3 is 19.9 Å². The summed E-state index contributed by atoms with van der Waals surface area (Å²) in [5.41, 5.74) is 0.466. The van der Waals surface area contributed by atoms with E-state index in [1.165, 1.54) is 24.3 Å². The van der Waals surface area contributed by atoms with E-state index in [0.29, 0.717) is 51.5 Å². The van der Waals surface area contributed by atoms with Crippen molar-refractivity contribution in [1.29, 1.82) is 0 Å². The molecule has 2 aliphatic heterocycles. The quantitative estimate of drug-likeness (QED) is 0.839. The first-order chi connectivity index (χ1) is 11.1. The first kappa shape index (κ1) is 15.9. The molecule has 7 heteroatoms. The minimum absolute atomic E-state index is 0.0265. The average Bonchev–Trinajstić information content (AvgIpc) is 2.62. The molecule has 0 bridgehead atoms. The van der Waals surface area contributed by atoms with Crippen molar-refractivity contribution in [2.45, 2.75) is 6.04 Å². The maximum atomic E-state index is 12.9. The third-order valence-corrected chi connectivity index (χ3v) is 4.19. The standard InChI is InChI=1S/C16H20FN3O3/c17-13-3-1-12(2-4-13)15(21)19-6-8-20(9-7-19)16(22)14-11-23-10-5-18-14/h1-4,14,18H,5-11H2. The van der Waals surface area contributed by atoms with Crippen molar-refractivity contribution in [2.24, 2.45) is 0 Å². The van der Waals surface area contributed by atoms with Gasteiger partial charge in [-0.1, -0.05) is 0 Å². The second-order valence-electron chi connectivity index (χ2n) is 5.71. The van der Waals surface area contributed by atoms with E-state index >= 15 is 0 Å². The Hall–Kier alpha value is -1.99. The largest absolute Gasteiger partial charge is 0.378 e. The molecule has 0 aromatic heterocycles. The van der Waals surface area contributed by atoms with Crippen LogP contribution in [0, 0.1) is 5.82 Å². The molecule has 0 spiro atoms. The van der Waals surface area contributed by atoms with Gasteiger partial charge in [0.1, 0.15) is 11.9 Å². The highest BCUT2D eigenvalue weighted by atomic mass is 19.1. The average molecular weight is 321 g/mol. The molecule has 1 unspecified atom stereocenters. The molecule has 0 radical (unpaired) electrons. The number of carbonyl (C=O) groups excluding carboxylic acids is 2. The van der Waals surface area contributed by atoms with Crippen molar-refractivity contribution in [3.05, 3.63) is 35.6 Å². The van der Waals surface area contributed by atoms with Gasteiger partial charge in [0.2, 0.25) is 5.91 Å². The zero-order chi connectivity index (χ0) is 16.2. The summed E-state index contributed by atoms with van der Waals surface area (Å²) in [5.74, 6) is -0.464. The van der Waals surface area contributed by atoms with Gasteiger partial charge in [-0.3, -0.25) is 9.59 Å². The fraction of sp³-hybridized carbons (Fsp3) is 0.500. The summed E-state index contributed by atoms with van der Waals surface area (Å²) < 4.78 is 18.2. The van der Waals surface area contributed by atoms with Crippen molar-refractivity contribution in [3.63, 3.8) is 0 Å².